The summed E-state index contributed by atoms with van der Waals surface area (Å²) < 4.78 is 0. The van der Waals surface area contributed by atoms with E-state index in [0.717, 1.165) is 13.0 Å². The van der Waals surface area contributed by atoms with E-state index in [0.29, 0.717) is 0 Å². The maximum absolute atomic E-state index is 4.09. The van der Waals surface area contributed by atoms with E-state index >= 15 is 0 Å². The van der Waals surface area contributed by atoms with Crippen molar-refractivity contribution in [1.82, 2.24) is 10.2 Å². The van der Waals surface area contributed by atoms with Crippen LogP contribution in [0.2, 0.25) is 0 Å². The molecule has 1 aliphatic heterocycles. The highest BCUT2D eigenvalue weighted by atomic mass is 15.1. The summed E-state index contributed by atoms with van der Waals surface area (Å²) in [6.07, 6.45) is 2.96. The molecule has 2 aromatic rings. The third-order valence-electron chi connectivity index (χ3n) is 2.95. The van der Waals surface area contributed by atoms with Crippen molar-refractivity contribution in [2.75, 3.05) is 5.32 Å². The summed E-state index contributed by atoms with van der Waals surface area (Å²) in [5.41, 5.74) is 6.21. The van der Waals surface area contributed by atoms with Gasteiger partial charge in [0.2, 0.25) is 0 Å². The van der Waals surface area contributed by atoms with E-state index in [1.165, 1.54) is 28.1 Å². The highest BCUT2D eigenvalue weighted by molar-refractivity contribution is 5.80. The van der Waals surface area contributed by atoms with Gasteiger partial charge in [-0.25, -0.2) is 0 Å². The molecule has 0 bridgehead atoms. The predicted molar refractivity (Wildman–Crippen MR) is 60.7 cm³/mol. The molecule has 1 aromatic carbocycles. The van der Waals surface area contributed by atoms with Crippen LogP contribution in [0.25, 0.3) is 11.3 Å². The van der Waals surface area contributed by atoms with Crippen LogP contribution in [-0.2, 0) is 13.0 Å². The second-order valence-electron chi connectivity index (χ2n) is 3.86. The summed E-state index contributed by atoms with van der Waals surface area (Å²) >= 11 is 0. The summed E-state index contributed by atoms with van der Waals surface area (Å²) in [4.78, 5) is 0. The molecule has 0 aliphatic carbocycles. The first-order valence-electron chi connectivity index (χ1n) is 5.28. The van der Waals surface area contributed by atoms with Crippen molar-refractivity contribution in [3.63, 3.8) is 0 Å². The SMILES string of the molecule is CCc1ccc2c(c1)-c1[nH]ncc1CN2. The van der Waals surface area contributed by atoms with Crippen molar-refractivity contribution in [2.24, 2.45) is 0 Å². The van der Waals surface area contributed by atoms with Gasteiger partial charge in [-0.3, -0.25) is 5.10 Å². The molecular formula is C12H13N3. The number of fused-ring (bicyclic) bond motifs is 3. The summed E-state index contributed by atoms with van der Waals surface area (Å²) in [5.74, 6) is 0. The normalized spacial score (nSPS) is 12.9. The first kappa shape index (κ1) is 8.53. The van der Waals surface area contributed by atoms with Gasteiger partial charge in [-0.05, 0) is 24.1 Å². The zero-order valence-corrected chi connectivity index (χ0v) is 8.67. The summed E-state index contributed by atoms with van der Waals surface area (Å²) in [7, 11) is 0. The number of aromatic nitrogens is 2. The van der Waals surface area contributed by atoms with Crippen molar-refractivity contribution in [3.8, 4) is 11.3 Å². The van der Waals surface area contributed by atoms with Crippen molar-refractivity contribution in [1.29, 1.82) is 0 Å². The standard InChI is InChI=1S/C12H13N3/c1-2-8-3-4-11-10(5-8)12-9(6-13-11)7-14-15-12/h3-5,7,13H,2,6H2,1H3,(H,14,15). The molecule has 3 heteroatoms. The molecule has 15 heavy (non-hydrogen) atoms. The van der Waals surface area contributed by atoms with E-state index in [-0.39, 0.29) is 0 Å². The maximum atomic E-state index is 4.09. The van der Waals surface area contributed by atoms with Crippen molar-refractivity contribution < 1.29 is 0 Å². The van der Waals surface area contributed by atoms with Crippen LogP contribution < -0.4 is 5.32 Å². The van der Waals surface area contributed by atoms with Gasteiger partial charge < -0.3 is 5.32 Å². The minimum Gasteiger partial charge on any atom is -0.380 e. The Morgan fingerprint density at radius 3 is 3.20 bits per heavy atom. The summed E-state index contributed by atoms with van der Waals surface area (Å²) in [6, 6.07) is 6.56. The van der Waals surface area contributed by atoms with E-state index in [1.807, 2.05) is 6.20 Å². The second-order valence-corrected chi connectivity index (χ2v) is 3.86. The Balaban J connectivity index is 2.21. The Labute approximate surface area is 88.5 Å². The predicted octanol–water partition coefficient (Wildman–Crippen LogP) is 2.56. The molecule has 0 saturated heterocycles. The van der Waals surface area contributed by atoms with Gasteiger partial charge >= 0.3 is 0 Å². The molecule has 2 heterocycles. The van der Waals surface area contributed by atoms with Gasteiger partial charge in [-0.2, -0.15) is 5.10 Å². The monoisotopic (exact) mass is 199 g/mol. The molecule has 3 nitrogen and oxygen atoms in total. The molecule has 1 aliphatic rings. The lowest BCUT2D eigenvalue weighted by Crippen LogP contribution is -2.07. The van der Waals surface area contributed by atoms with E-state index in [2.05, 4.69) is 40.6 Å². The van der Waals surface area contributed by atoms with Crippen molar-refractivity contribution in [3.05, 3.63) is 35.5 Å². The van der Waals surface area contributed by atoms with Crippen molar-refractivity contribution in [2.45, 2.75) is 19.9 Å². The molecule has 0 radical (unpaired) electrons. The third kappa shape index (κ3) is 1.23. The van der Waals surface area contributed by atoms with Crippen LogP contribution >= 0.6 is 0 Å². The highest BCUT2D eigenvalue weighted by Crippen LogP contribution is 2.34. The lowest BCUT2D eigenvalue weighted by atomic mass is 9.99. The Morgan fingerprint density at radius 1 is 1.40 bits per heavy atom. The fourth-order valence-electron chi connectivity index (χ4n) is 2.04. The number of aromatic amines is 1. The molecule has 0 unspecified atom stereocenters. The Bertz CT molecular complexity index is 499. The van der Waals surface area contributed by atoms with Crippen LogP contribution in [0.1, 0.15) is 18.1 Å². The molecule has 0 saturated carbocycles. The molecule has 0 fully saturated rings. The van der Waals surface area contributed by atoms with Gasteiger partial charge in [0.1, 0.15) is 0 Å². The summed E-state index contributed by atoms with van der Waals surface area (Å²) in [5, 5.41) is 10.6. The van der Waals surface area contributed by atoms with Crippen LogP contribution in [-0.4, -0.2) is 10.2 Å². The topological polar surface area (TPSA) is 40.7 Å². The first-order valence-corrected chi connectivity index (χ1v) is 5.28. The number of anilines is 1. The fourth-order valence-corrected chi connectivity index (χ4v) is 2.04. The zero-order chi connectivity index (χ0) is 10.3. The van der Waals surface area contributed by atoms with E-state index in [4.69, 9.17) is 0 Å². The zero-order valence-electron chi connectivity index (χ0n) is 8.67. The largest absolute Gasteiger partial charge is 0.380 e. The minimum atomic E-state index is 0.865. The lowest BCUT2D eigenvalue weighted by molar-refractivity contribution is 1.08. The average Bonchev–Trinajstić information content (AvgIpc) is 2.76. The van der Waals surface area contributed by atoms with Gasteiger partial charge in [-0.15, -0.1) is 0 Å². The fraction of sp³-hybridized carbons (Fsp3) is 0.250. The second kappa shape index (κ2) is 3.12. The number of hydrogen-bond donors (Lipinski definition) is 2. The van der Waals surface area contributed by atoms with Gasteiger partial charge in [0.25, 0.3) is 0 Å². The molecule has 0 spiro atoms. The Kier molecular flexibility index (Phi) is 1.78. The van der Waals surface area contributed by atoms with Gasteiger partial charge in [0.05, 0.1) is 11.9 Å². The number of nitrogens with zero attached hydrogens (tertiary/aromatic N) is 1. The molecule has 0 atom stereocenters. The average molecular weight is 199 g/mol. The first-order chi connectivity index (χ1) is 7.38. The highest BCUT2D eigenvalue weighted by Gasteiger charge is 2.16. The number of hydrogen-bond acceptors (Lipinski definition) is 2. The quantitative estimate of drug-likeness (QED) is 0.741. The molecule has 76 valence electrons. The lowest BCUT2D eigenvalue weighted by Gasteiger charge is -2.18. The molecule has 1 aromatic heterocycles. The van der Waals surface area contributed by atoms with Crippen LogP contribution in [0, 0.1) is 0 Å². The third-order valence-corrected chi connectivity index (χ3v) is 2.95. The molecule has 3 rings (SSSR count). The maximum Gasteiger partial charge on any atom is 0.0720 e. The molecular weight excluding hydrogens is 186 g/mol. The van der Waals surface area contributed by atoms with Gasteiger partial charge in [-0.1, -0.05) is 13.0 Å². The number of rotatable bonds is 1. The van der Waals surface area contributed by atoms with Crippen LogP contribution in [0.5, 0.6) is 0 Å². The van der Waals surface area contributed by atoms with E-state index in [9.17, 15) is 0 Å². The minimum absolute atomic E-state index is 0.865. The van der Waals surface area contributed by atoms with Gasteiger partial charge in [0.15, 0.2) is 0 Å². The Morgan fingerprint density at radius 2 is 2.33 bits per heavy atom. The van der Waals surface area contributed by atoms with Crippen LogP contribution in [0.3, 0.4) is 0 Å². The van der Waals surface area contributed by atoms with E-state index in [1.54, 1.807) is 0 Å². The summed E-state index contributed by atoms with van der Waals surface area (Å²) in [6.45, 7) is 3.04. The number of H-pyrrole nitrogens is 1. The number of nitrogens with one attached hydrogen (secondary N) is 2. The van der Waals surface area contributed by atoms with Gasteiger partial charge in [0, 0.05) is 23.4 Å². The van der Waals surface area contributed by atoms with Crippen LogP contribution in [0.4, 0.5) is 5.69 Å². The van der Waals surface area contributed by atoms with Crippen molar-refractivity contribution >= 4 is 5.69 Å². The van der Waals surface area contributed by atoms with Crippen LogP contribution in [0.15, 0.2) is 24.4 Å². The smallest absolute Gasteiger partial charge is 0.0720 e. The number of benzene rings is 1. The number of aryl methyl sites for hydroxylation is 1. The molecule has 2 N–H and O–H groups in total. The molecule has 0 amide bonds. The Hall–Kier alpha value is -1.77. The van der Waals surface area contributed by atoms with E-state index < -0.39 is 0 Å².